The van der Waals surface area contributed by atoms with Gasteiger partial charge in [-0.2, -0.15) is 0 Å². The van der Waals surface area contributed by atoms with Gasteiger partial charge in [0.25, 0.3) is 0 Å². The number of allylic oxidation sites excluding steroid dienone is 4. The van der Waals surface area contributed by atoms with Crippen LogP contribution in [-0.4, -0.2) is 37.2 Å². The van der Waals surface area contributed by atoms with Gasteiger partial charge in [0, 0.05) is 19.3 Å². The fourth-order valence-corrected chi connectivity index (χ4v) is 11.0. The van der Waals surface area contributed by atoms with E-state index in [0.29, 0.717) is 19.3 Å². The van der Waals surface area contributed by atoms with Crippen molar-refractivity contribution in [3.05, 3.63) is 24.3 Å². The van der Waals surface area contributed by atoms with Gasteiger partial charge in [0.15, 0.2) is 6.10 Å². The molecule has 6 nitrogen and oxygen atoms in total. The quantitative estimate of drug-likeness (QED) is 0.0261. The van der Waals surface area contributed by atoms with Crippen LogP contribution in [0.2, 0.25) is 0 Å². The van der Waals surface area contributed by atoms with Crippen LogP contribution in [0, 0.1) is 0 Å². The van der Waals surface area contributed by atoms with Gasteiger partial charge in [-0.25, -0.2) is 0 Å². The van der Waals surface area contributed by atoms with Crippen LogP contribution in [0.25, 0.3) is 0 Å². The summed E-state index contributed by atoms with van der Waals surface area (Å²) in [5, 5.41) is 0. The molecule has 0 aliphatic carbocycles. The zero-order chi connectivity index (χ0) is 57.1. The molecule has 0 N–H and O–H groups in total. The summed E-state index contributed by atoms with van der Waals surface area (Å²) in [4.78, 5) is 38.3. The molecule has 0 radical (unpaired) electrons. The number of hydrogen-bond acceptors (Lipinski definition) is 6. The van der Waals surface area contributed by atoms with Gasteiger partial charge in [-0.3, -0.25) is 14.4 Å². The predicted octanol–water partition coefficient (Wildman–Crippen LogP) is 24.6. The van der Waals surface area contributed by atoms with Gasteiger partial charge in [-0.05, 0) is 70.6 Å². The van der Waals surface area contributed by atoms with Crippen LogP contribution in [0.5, 0.6) is 0 Å². The summed E-state index contributed by atoms with van der Waals surface area (Å²) >= 11 is 0. The number of ether oxygens (including phenoxy) is 3. The average molecular weight is 1110 g/mol. The maximum Gasteiger partial charge on any atom is 0.306 e. The van der Waals surface area contributed by atoms with Gasteiger partial charge in [-0.1, -0.05) is 340 Å². The van der Waals surface area contributed by atoms with Gasteiger partial charge in [0.1, 0.15) is 13.2 Å². The second-order valence-corrected chi connectivity index (χ2v) is 24.5. The smallest absolute Gasteiger partial charge is 0.306 e. The van der Waals surface area contributed by atoms with Crippen molar-refractivity contribution in [1.29, 1.82) is 0 Å². The van der Waals surface area contributed by atoms with Crippen molar-refractivity contribution < 1.29 is 28.6 Å². The molecule has 1 atom stereocenters. The number of carbonyl (C=O) groups is 3. The molecular formula is C73H138O6. The zero-order valence-corrected chi connectivity index (χ0v) is 53.7. The van der Waals surface area contributed by atoms with Crippen molar-refractivity contribution in [3.8, 4) is 0 Å². The Morgan fingerprint density at radius 2 is 0.418 bits per heavy atom. The first-order chi connectivity index (χ1) is 39.0. The van der Waals surface area contributed by atoms with E-state index in [1.165, 1.54) is 295 Å². The van der Waals surface area contributed by atoms with Crippen LogP contribution < -0.4 is 0 Å². The molecule has 0 aliphatic heterocycles. The lowest BCUT2D eigenvalue weighted by atomic mass is 10.0. The number of esters is 3. The molecule has 0 aliphatic rings. The van der Waals surface area contributed by atoms with Crippen LogP contribution in [-0.2, 0) is 28.6 Å². The summed E-state index contributed by atoms with van der Waals surface area (Å²) in [6.45, 7) is 6.66. The van der Waals surface area contributed by atoms with E-state index in [2.05, 4.69) is 45.1 Å². The molecule has 0 fully saturated rings. The summed E-state index contributed by atoms with van der Waals surface area (Å²) in [6.07, 6.45) is 83.9. The molecule has 0 aromatic heterocycles. The molecule has 466 valence electrons. The lowest BCUT2D eigenvalue weighted by Crippen LogP contribution is -2.30. The lowest BCUT2D eigenvalue weighted by molar-refractivity contribution is -0.167. The van der Waals surface area contributed by atoms with Crippen molar-refractivity contribution in [3.63, 3.8) is 0 Å². The Labute approximate surface area is 493 Å². The standard InChI is InChI=1S/C73H138O6/c1-4-7-10-13-16-19-22-25-27-28-29-30-31-32-33-34-35-36-37-38-39-40-41-42-43-44-45-46-47-49-51-54-57-60-63-66-72(75)78-69-70(68-77-71(74)65-62-59-56-53-50-24-21-18-15-12-9-6-3)79-73(76)67-64-61-58-55-52-48-26-23-20-17-14-11-8-5-2/h18,21,23,26,70H,4-17,19-20,22,24-25,27-69H2,1-3H3/b21-18-,26-23-. The molecule has 0 rings (SSSR count). The summed E-state index contributed by atoms with van der Waals surface area (Å²) in [6, 6.07) is 0. The van der Waals surface area contributed by atoms with Crippen LogP contribution >= 0.6 is 0 Å². The van der Waals surface area contributed by atoms with Crippen molar-refractivity contribution in [1.82, 2.24) is 0 Å². The van der Waals surface area contributed by atoms with E-state index in [-0.39, 0.29) is 31.1 Å². The number of unbranched alkanes of at least 4 members (excludes halogenated alkanes) is 52. The summed E-state index contributed by atoms with van der Waals surface area (Å²) in [7, 11) is 0. The summed E-state index contributed by atoms with van der Waals surface area (Å²) in [5.74, 6) is -0.866. The van der Waals surface area contributed by atoms with Gasteiger partial charge in [0.2, 0.25) is 0 Å². The minimum Gasteiger partial charge on any atom is -0.462 e. The summed E-state index contributed by atoms with van der Waals surface area (Å²) < 4.78 is 16.9. The second-order valence-electron chi connectivity index (χ2n) is 24.5. The van der Waals surface area contributed by atoms with E-state index < -0.39 is 6.10 Å². The molecule has 0 amide bonds. The maximum atomic E-state index is 12.9. The molecule has 0 saturated carbocycles. The van der Waals surface area contributed by atoms with E-state index in [1.54, 1.807) is 0 Å². The zero-order valence-electron chi connectivity index (χ0n) is 53.7. The Hall–Kier alpha value is -2.11. The minimum atomic E-state index is -0.776. The molecule has 79 heavy (non-hydrogen) atoms. The van der Waals surface area contributed by atoms with E-state index in [4.69, 9.17) is 14.2 Å². The Balaban J connectivity index is 3.99. The van der Waals surface area contributed by atoms with Crippen LogP contribution in [0.3, 0.4) is 0 Å². The Bertz CT molecular complexity index is 1270. The van der Waals surface area contributed by atoms with Crippen LogP contribution in [0.15, 0.2) is 24.3 Å². The van der Waals surface area contributed by atoms with E-state index >= 15 is 0 Å². The van der Waals surface area contributed by atoms with Gasteiger partial charge in [-0.15, -0.1) is 0 Å². The normalized spacial score (nSPS) is 12.1. The first-order valence-corrected chi connectivity index (χ1v) is 35.8. The van der Waals surface area contributed by atoms with Crippen LogP contribution in [0.4, 0.5) is 0 Å². The Kier molecular flexibility index (Phi) is 66.6. The maximum absolute atomic E-state index is 12.9. The van der Waals surface area contributed by atoms with Gasteiger partial charge < -0.3 is 14.2 Å². The highest BCUT2D eigenvalue weighted by molar-refractivity contribution is 5.71. The van der Waals surface area contributed by atoms with Crippen molar-refractivity contribution in [2.24, 2.45) is 0 Å². The largest absolute Gasteiger partial charge is 0.462 e. The molecule has 0 saturated heterocycles. The van der Waals surface area contributed by atoms with Crippen molar-refractivity contribution in [2.45, 2.75) is 412 Å². The highest BCUT2D eigenvalue weighted by Gasteiger charge is 2.19. The first kappa shape index (κ1) is 76.9. The molecule has 0 heterocycles. The molecule has 0 spiro atoms. The minimum absolute atomic E-state index is 0.0726. The molecule has 1 unspecified atom stereocenters. The molecule has 0 aromatic rings. The van der Waals surface area contributed by atoms with E-state index in [9.17, 15) is 14.4 Å². The van der Waals surface area contributed by atoms with Crippen LogP contribution in [0.1, 0.15) is 406 Å². The van der Waals surface area contributed by atoms with Crippen molar-refractivity contribution in [2.75, 3.05) is 13.2 Å². The summed E-state index contributed by atoms with van der Waals surface area (Å²) in [5.41, 5.74) is 0. The second kappa shape index (κ2) is 68.4. The highest BCUT2D eigenvalue weighted by Crippen LogP contribution is 2.19. The van der Waals surface area contributed by atoms with Gasteiger partial charge >= 0.3 is 17.9 Å². The molecule has 0 bridgehead atoms. The van der Waals surface area contributed by atoms with E-state index in [1.807, 2.05) is 0 Å². The highest BCUT2D eigenvalue weighted by atomic mass is 16.6. The number of rotatable bonds is 67. The van der Waals surface area contributed by atoms with E-state index in [0.717, 1.165) is 70.6 Å². The first-order valence-electron chi connectivity index (χ1n) is 35.8. The molecule has 0 aromatic carbocycles. The topological polar surface area (TPSA) is 78.9 Å². The SMILES string of the molecule is CCCCC/C=C\CCCCCCCC(=O)OCC(COC(=O)CCCCCCCCCCCCCCCCCCCCCCCCCCCCCCCCCCCCC)OC(=O)CCCCCCC/C=C\CCCCCCC. The van der Waals surface area contributed by atoms with Crippen molar-refractivity contribution >= 4 is 17.9 Å². The third-order valence-corrected chi connectivity index (χ3v) is 16.4. The monoisotopic (exact) mass is 1110 g/mol. The molecule has 6 heteroatoms. The molecular weight excluding hydrogens is 973 g/mol. The Morgan fingerprint density at radius 1 is 0.241 bits per heavy atom. The average Bonchev–Trinajstić information content (AvgIpc) is 3.45. The third-order valence-electron chi connectivity index (χ3n) is 16.4. The van der Waals surface area contributed by atoms with Gasteiger partial charge in [0.05, 0.1) is 0 Å². The third kappa shape index (κ3) is 66.6. The fraction of sp³-hybridized carbons (Fsp3) is 0.904. The predicted molar refractivity (Wildman–Crippen MR) is 344 cm³/mol. The fourth-order valence-electron chi connectivity index (χ4n) is 11.0. The lowest BCUT2D eigenvalue weighted by Gasteiger charge is -2.18. The number of carbonyl (C=O) groups excluding carboxylic acids is 3. The number of hydrogen-bond donors (Lipinski definition) is 0. The Morgan fingerprint density at radius 3 is 0.658 bits per heavy atom.